The van der Waals surface area contributed by atoms with E-state index in [1.165, 1.54) is 36.3 Å². The molecule has 0 fully saturated rings. The molecule has 0 bridgehead atoms. The van der Waals surface area contributed by atoms with Crippen LogP contribution in [0.5, 0.6) is 0 Å². The fourth-order valence-corrected chi connectivity index (χ4v) is 3.01. The molecule has 1 aromatic heterocycles. The summed E-state index contributed by atoms with van der Waals surface area (Å²) in [6.07, 6.45) is 8.87. The first-order chi connectivity index (χ1) is 10.7. The van der Waals surface area contributed by atoms with Crippen LogP contribution in [-0.4, -0.2) is 21.6 Å². The summed E-state index contributed by atoms with van der Waals surface area (Å²) in [7, 11) is 0. The molecule has 0 saturated carbocycles. The van der Waals surface area contributed by atoms with Gasteiger partial charge in [0, 0.05) is 4.90 Å². The zero-order chi connectivity index (χ0) is 15.8. The number of hydrogen-bond donors (Lipinski definition) is 1. The zero-order valence-electron chi connectivity index (χ0n) is 13.3. The van der Waals surface area contributed by atoms with E-state index in [9.17, 15) is 0 Å². The standard InChI is InChI=1S/C17H24N4S/c1-3-4-5-6-11-22-16-9-7-15(8-10-16)12-19-21-13-14(2)20-17(21)18/h7-10,12-13H,3-6,11H2,1-2H3,(H2,18,20). The maximum absolute atomic E-state index is 5.75. The third-order valence-electron chi connectivity index (χ3n) is 3.31. The Bertz CT molecular complexity index is 602. The van der Waals surface area contributed by atoms with E-state index >= 15 is 0 Å². The van der Waals surface area contributed by atoms with E-state index in [1.54, 1.807) is 10.9 Å². The molecule has 22 heavy (non-hydrogen) atoms. The first kappa shape index (κ1) is 16.6. The molecule has 0 spiro atoms. The van der Waals surface area contributed by atoms with Gasteiger partial charge in [-0.1, -0.05) is 38.3 Å². The van der Waals surface area contributed by atoms with E-state index in [-0.39, 0.29) is 0 Å². The van der Waals surface area contributed by atoms with E-state index in [2.05, 4.69) is 41.3 Å². The van der Waals surface area contributed by atoms with E-state index < -0.39 is 0 Å². The Balaban J connectivity index is 1.85. The molecule has 0 aliphatic carbocycles. The van der Waals surface area contributed by atoms with Crippen LogP contribution in [0.25, 0.3) is 0 Å². The van der Waals surface area contributed by atoms with Gasteiger partial charge < -0.3 is 5.73 Å². The van der Waals surface area contributed by atoms with Crippen molar-refractivity contribution in [3.63, 3.8) is 0 Å². The number of nitrogens with zero attached hydrogens (tertiary/aromatic N) is 3. The van der Waals surface area contributed by atoms with Crippen molar-refractivity contribution in [1.82, 2.24) is 9.66 Å². The summed E-state index contributed by atoms with van der Waals surface area (Å²) in [6.45, 7) is 4.14. The first-order valence-corrected chi connectivity index (χ1v) is 8.76. The average Bonchev–Trinajstić information content (AvgIpc) is 2.84. The van der Waals surface area contributed by atoms with Crippen molar-refractivity contribution in [2.45, 2.75) is 44.4 Å². The molecule has 0 amide bonds. The molecule has 5 heteroatoms. The van der Waals surface area contributed by atoms with Crippen LogP contribution in [0.1, 0.15) is 43.9 Å². The van der Waals surface area contributed by atoms with Gasteiger partial charge in [-0.25, -0.2) is 9.66 Å². The van der Waals surface area contributed by atoms with Crippen LogP contribution in [0, 0.1) is 6.92 Å². The Morgan fingerprint density at radius 2 is 2.00 bits per heavy atom. The lowest BCUT2D eigenvalue weighted by atomic mass is 10.2. The number of aryl methyl sites for hydroxylation is 1. The van der Waals surface area contributed by atoms with Crippen LogP contribution in [0.2, 0.25) is 0 Å². The number of rotatable bonds is 8. The maximum atomic E-state index is 5.75. The number of benzene rings is 1. The van der Waals surface area contributed by atoms with E-state index in [0.717, 1.165) is 11.3 Å². The summed E-state index contributed by atoms with van der Waals surface area (Å²) >= 11 is 1.92. The summed E-state index contributed by atoms with van der Waals surface area (Å²) in [5.41, 5.74) is 7.68. The monoisotopic (exact) mass is 316 g/mol. The Morgan fingerprint density at radius 1 is 1.23 bits per heavy atom. The molecule has 2 aromatic rings. The highest BCUT2D eigenvalue weighted by molar-refractivity contribution is 7.99. The molecule has 4 nitrogen and oxygen atoms in total. The lowest BCUT2D eigenvalue weighted by Crippen LogP contribution is -1.96. The fourth-order valence-electron chi connectivity index (χ4n) is 2.09. The summed E-state index contributed by atoms with van der Waals surface area (Å²) in [6, 6.07) is 8.46. The van der Waals surface area contributed by atoms with Crippen LogP contribution in [0.15, 0.2) is 40.5 Å². The minimum Gasteiger partial charge on any atom is -0.368 e. The summed E-state index contributed by atoms with van der Waals surface area (Å²) in [5.74, 6) is 1.60. The van der Waals surface area contributed by atoms with Gasteiger partial charge in [0.25, 0.3) is 0 Å². The number of aromatic nitrogens is 2. The molecule has 2 N–H and O–H groups in total. The van der Waals surface area contributed by atoms with Crippen LogP contribution < -0.4 is 5.73 Å². The quantitative estimate of drug-likeness (QED) is 0.448. The molecule has 0 unspecified atom stereocenters. The van der Waals surface area contributed by atoms with Crippen molar-refractivity contribution < 1.29 is 0 Å². The van der Waals surface area contributed by atoms with Gasteiger partial charge in [0.2, 0.25) is 5.95 Å². The minimum absolute atomic E-state index is 0.410. The number of anilines is 1. The topological polar surface area (TPSA) is 56.2 Å². The summed E-state index contributed by atoms with van der Waals surface area (Å²) in [4.78, 5) is 5.43. The van der Waals surface area contributed by atoms with Crippen LogP contribution >= 0.6 is 11.8 Å². The Kier molecular flexibility index (Phi) is 6.52. The molecule has 0 saturated heterocycles. The smallest absolute Gasteiger partial charge is 0.221 e. The second-order valence-electron chi connectivity index (χ2n) is 5.31. The molecule has 1 aromatic carbocycles. The molecule has 0 aliphatic rings. The number of unbranched alkanes of at least 4 members (excludes halogenated alkanes) is 3. The Morgan fingerprint density at radius 3 is 2.64 bits per heavy atom. The number of thioether (sulfide) groups is 1. The number of hydrogen-bond acceptors (Lipinski definition) is 4. The molecular formula is C17H24N4S. The highest BCUT2D eigenvalue weighted by Crippen LogP contribution is 2.20. The van der Waals surface area contributed by atoms with Gasteiger partial charge in [0.1, 0.15) is 0 Å². The first-order valence-electron chi connectivity index (χ1n) is 7.77. The van der Waals surface area contributed by atoms with Crippen molar-refractivity contribution in [2.75, 3.05) is 11.5 Å². The van der Waals surface area contributed by atoms with Crippen molar-refractivity contribution in [1.29, 1.82) is 0 Å². The van der Waals surface area contributed by atoms with Gasteiger partial charge >= 0.3 is 0 Å². The molecule has 0 aliphatic heterocycles. The molecular weight excluding hydrogens is 292 g/mol. The second-order valence-corrected chi connectivity index (χ2v) is 6.48. The zero-order valence-corrected chi connectivity index (χ0v) is 14.1. The van der Waals surface area contributed by atoms with E-state index in [1.807, 2.05) is 24.9 Å². The van der Waals surface area contributed by atoms with Crippen molar-refractivity contribution >= 4 is 23.9 Å². The predicted molar refractivity (Wildman–Crippen MR) is 95.7 cm³/mol. The van der Waals surface area contributed by atoms with Gasteiger partial charge in [-0.3, -0.25) is 0 Å². The minimum atomic E-state index is 0.410. The highest BCUT2D eigenvalue weighted by atomic mass is 32.2. The third kappa shape index (κ3) is 5.22. The SMILES string of the molecule is CCCCCCSc1ccc(C=Nn2cc(C)nc2N)cc1. The maximum Gasteiger partial charge on any atom is 0.221 e. The summed E-state index contributed by atoms with van der Waals surface area (Å²) in [5, 5.41) is 4.32. The van der Waals surface area contributed by atoms with Gasteiger partial charge in [-0.05, 0) is 36.8 Å². The van der Waals surface area contributed by atoms with Gasteiger partial charge in [-0.15, -0.1) is 11.8 Å². The highest BCUT2D eigenvalue weighted by Gasteiger charge is 1.99. The number of nitrogens with two attached hydrogens (primary N) is 1. The number of nitrogen functional groups attached to an aromatic ring is 1. The normalized spacial score (nSPS) is 11.4. The Hall–Kier alpha value is -1.75. The van der Waals surface area contributed by atoms with Crippen molar-refractivity contribution in [2.24, 2.45) is 5.10 Å². The van der Waals surface area contributed by atoms with E-state index in [4.69, 9.17) is 5.73 Å². The average molecular weight is 316 g/mol. The predicted octanol–water partition coefficient (Wildman–Crippen LogP) is 4.33. The molecule has 0 atom stereocenters. The lowest BCUT2D eigenvalue weighted by Gasteiger charge is -2.02. The van der Waals surface area contributed by atoms with Crippen LogP contribution in [0.4, 0.5) is 5.95 Å². The molecule has 1 heterocycles. The second kappa shape index (κ2) is 8.63. The van der Waals surface area contributed by atoms with Gasteiger partial charge in [-0.2, -0.15) is 5.10 Å². The van der Waals surface area contributed by atoms with Crippen LogP contribution in [-0.2, 0) is 0 Å². The Labute approximate surface area is 136 Å². The fraction of sp³-hybridized carbons (Fsp3) is 0.412. The third-order valence-corrected chi connectivity index (χ3v) is 4.41. The number of imidazole rings is 1. The van der Waals surface area contributed by atoms with Crippen LogP contribution in [0.3, 0.4) is 0 Å². The summed E-state index contributed by atoms with van der Waals surface area (Å²) < 4.78 is 1.59. The molecule has 118 valence electrons. The van der Waals surface area contributed by atoms with E-state index in [0.29, 0.717) is 5.95 Å². The largest absolute Gasteiger partial charge is 0.368 e. The van der Waals surface area contributed by atoms with Gasteiger partial charge in [0.15, 0.2) is 0 Å². The lowest BCUT2D eigenvalue weighted by molar-refractivity contribution is 0.706. The van der Waals surface area contributed by atoms with Gasteiger partial charge in [0.05, 0.1) is 18.1 Å². The molecule has 2 rings (SSSR count). The van der Waals surface area contributed by atoms with Crippen molar-refractivity contribution in [3.05, 3.63) is 41.7 Å². The molecule has 0 radical (unpaired) electrons. The van der Waals surface area contributed by atoms with Crippen molar-refractivity contribution in [3.8, 4) is 0 Å².